The smallest absolute Gasteiger partial charge is 0.322 e. The van der Waals surface area contributed by atoms with Crippen molar-refractivity contribution in [2.45, 2.75) is 62.3 Å². The zero-order chi connectivity index (χ0) is 19.6. The molecule has 6 atom stereocenters. The number of benzene rings is 1. The first kappa shape index (κ1) is 18.3. The van der Waals surface area contributed by atoms with Gasteiger partial charge in [-0.1, -0.05) is 6.07 Å². The second-order valence-corrected chi connectivity index (χ2v) is 8.91. The van der Waals surface area contributed by atoms with Gasteiger partial charge in [0, 0.05) is 23.1 Å². The highest BCUT2D eigenvalue weighted by Gasteiger charge is 2.65. The first-order valence-electron chi connectivity index (χ1n) is 10.4. The predicted octanol–water partition coefficient (Wildman–Crippen LogP) is 1.88. The first-order chi connectivity index (χ1) is 13.5. The van der Waals surface area contributed by atoms with E-state index in [4.69, 9.17) is 14.2 Å². The van der Waals surface area contributed by atoms with Gasteiger partial charge in [-0.05, 0) is 63.7 Å². The Labute approximate surface area is 166 Å². The molecule has 6 nitrogen and oxygen atoms in total. The Balaban J connectivity index is 1.60. The van der Waals surface area contributed by atoms with E-state index in [9.17, 15) is 4.79 Å². The third-order valence-electron chi connectivity index (χ3n) is 7.82. The summed E-state index contributed by atoms with van der Waals surface area (Å²) < 4.78 is 17.3. The number of nitrogens with zero attached hydrogens (tertiary/aromatic N) is 1. The van der Waals surface area contributed by atoms with E-state index in [0.717, 1.165) is 43.7 Å². The average molecular weight is 386 g/mol. The van der Waals surface area contributed by atoms with Crippen LogP contribution < -0.4 is 14.8 Å². The molecule has 1 saturated heterocycles. The van der Waals surface area contributed by atoms with Gasteiger partial charge in [-0.25, -0.2) is 0 Å². The lowest BCUT2D eigenvalue weighted by molar-refractivity contribution is -0.143. The van der Waals surface area contributed by atoms with Crippen LogP contribution in [0.2, 0.25) is 0 Å². The van der Waals surface area contributed by atoms with Crippen molar-refractivity contribution < 1.29 is 19.0 Å². The molecule has 2 bridgehead atoms. The van der Waals surface area contributed by atoms with Gasteiger partial charge in [-0.2, -0.15) is 0 Å². The molecule has 2 fully saturated rings. The Kier molecular flexibility index (Phi) is 4.14. The summed E-state index contributed by atoms with van der Waals surface area (Å²) in [4.78, 5) is 14.6. The van der Waals surface area contributed by atoms with Gasteiger partial charge in [0.15, 0.2) is 11.5 Å². The minimum atomic E-state index is -0.345. The number of likely N-dealkylation sites (tertiary alicyclic amines) is 1. The number of piperidine rings is 1. The molecule has 2 aliphatic carbocycles. The number of esters is 1. The van der Waals surface area contributed by atoms with Crippen molar-refractivity contribution in [2.24, 2.45) is 5.92 Å². The van der Waals surface area contributed by atoms with Crippen LogP contribution in [0, 0.1) is 5.92 Å². The van der Waals surface area contributed by atoms with E-state index in [1.54, 1.807) is 7.11 Å². The molecule has 5 rings (SSSR count). The summed E-state index contributed by atoms with van der Waals surface area (Å²) in [5.74, 6) is 2.14. The molecule has 1 saturated carbocycles. The molecule has 1 spiro atoms. The number of hydrogen-bond donors (Lipinski definition) is 1. The molecule has 0 aromatic heterocycles. The summed E-state index contributed by atoms with van der Waals surface area (Å²) in [6.45, 7) is 2.96. The lowest BCUT2D eigenvalue weighted by Crippen LogP contribution is -2.68. The maximum Gasteiger partial charge on any atom is 0.322 e. The molecule has 1 aromatic rings. The molecule has 1 N–H and O–H groups in total. The first-order valence-corrected chi connectivity index (χ1v) is 10.4. The van der Waals surface area contributed by atoms with Crippen LogP contribution in [0.3, 0.4) is 0 Å². The van der Waals surface area contributed by atoms with Gasteiger partial charge in [0.2, 0.25) is 0 Å². The molecule has 2 aliphatic heterocycles. The third-order valence-corrected chi connectivity index (χ3v) is 7.82. The monoisotopic (exact) mass is 386 g/mol. The van der Waals surface area contributed by atoms with Crippen LogP contribution >= 0.6 is 0 Å². The minimum Gasteiger partial charge on any atom is -0.493 e. The van der Waals surface area contributed by atoms with Crippen molar-refractivity contribution in [3.8, 4) is 11.5 Å². The maximum absolute atomic E-state index is 12.0. The topological polar surface area (TPSA) is 60.0 Å². The number of carbonyl (C=O) groups is 1. The summed E-state index contributed by atoms with van der Waals surface area (Å²) in [5.41, 5.74) is 2.82. The zero-order valence-electron chi connectivity index (χ0n) is 17.2. The largest absolute Gasteiger partial charge is 0.493 e. The van der Waals surface area contributed by atoms with Crippen LogP contribution in [0.25, 0.3) is 0 Å². The summed E-state index contributed by atoms with van der Waals surface area (Å²) >= 11 is 0. The fourth-order valence-electron chi connectivity index (χ4n) is 6.63. The van der Waals surface area contributed by atoms with E-state index in [0.29, 0.717) is 12.0 Å². The number of methoxy groups -OCH3 is 2. The molecule has 0 radical (unpaired) electrons. The van der Waals surface area contributed by atoms with Crippen molar-refractivity contribution in [3.05, 3.63) is 23.3 Å². The Bertz CT molecular complexity index is 812. The molecule has 28 heavy (non-hydrogen) atoms. The number of likely N-dealkylation sites (N-methyl/N-ethyl adjacent to an activating group) is 1. The standard InChI is InChI=1S/C22H30N2O4/c1-12(21(25)27-4)23-15-7-6-14-16-11-13-5-8-17(26-3)19-18(13)22(14,20(15)28-19)9-10-24(16)2/h5,8,12,14-16,20,23H,6-7,9-11H2,1-4H3/t12-,14?,15?,16?,20?,22-/m1/s1. The van der Waals surface area contributed by atoms with Crippen molar-refractivity contribution >= 4 is 5.97 Å². The quantitative estimate of drug-likeness (QED) is 0.798. The second-order valence-electron chi connectivity index (χ2n) is 8.91. The van der Waals surface area contributed by atoms with E-state index in [-0.39, 0.29) is 29.6 Å². The van der Waals surface area contributed by atoms with Crippen LogP contribution in [0.15, 0.2) is 12.1 Å². The molecule has 4 aliphatic rings. The average Bonchev–Trinajstić information content (AvgIpc) is 3.06. The van der Waals surface area contributed by atoms with E-state index in [1.165, 1.54) is 18.2 Å². The highest BCUT2D eigenvalue weighted by molar-refractivity contribution is 5.75. The molecule has 4 unspecified atom stereocenters. The predicted molar refractivity (Wildman–Crippen MR) is 105 cm³/mol. The van der Waals surface area contributed by atoms with Crippen LogP contribution in [0.4, 0.5) is 0 Å². The lowest BCUT2D eigenvalue weighted by Gasteiger charge is -2.59. The maximum atomic E-state index is 12.0. The van der Waals surface area contributed by atoms with Gasteiger partial charge in [0.1, 0.15) is 12.1 Å². The highest BCUT2D eigenvalue weighted by atomic mass is 16.5. The summed E-state index contributed by atoms with van der Waals surface area (Å²) in [6, 6.07) is 4.63. The van der Waals surface area contributed by atoms with Crippen LogP contribution in [-0.2, 0) is 21.4 Å². The Morgan fingerprint density at radius 3 is 2.93 bits per heavy atom. The van der Waals surface area contributed by atoms with Gasteiger partial charge >= 0.3 is 5.97 Å². The van der Waals surface area contributed by atoms with E-state index < -0.39 is 0 Å². The van der Waals surface area contributed by atoms with Crippen LogP contribution in [0.5, 0.6) is 11.5 Å². The van der Waals surface area contributed by atoms with Crippen molar-refractivity contribution in [3.63, 3.8) is 0 Å². The molecule has 152 valence electrons. The number of rotatable bonds is 4. The number of ether oxygens (including phenoxy) is 3. The van der Waals surface area contributed by atoms with Crippen molar-refractivity contribution in [1.29, 1.82) is 0 Å². The van der Waals surface area contributed by atoms with Crippen molar-refractivity contribution in [1.82, 2.24) is 10.2 Å². The van der Waals surface area contributed by atoms with Crippen LogP contribution in [0.1, 0.15) is 37.3 Å². The Morgan fingerprint density at radius 1 is 1.36 bits per heavy atom. The summed E-state index contributed by atoms with van der Waals surface area (Å²) in [5, 5.41) is 3.53. The molecule has 2 heterocycles. The molecular formula is C22H30N2O4. The number of hydrogen-bond acceptors (Lipinski definition) is 6. The van der Waals surface area contributed by atoms with E-state index >= 15 is 0 Å². The molecule has 0 amide bonds. The second kappa shape index (κ2) is 6.36. The van der Waals surface area contributed by atoms with Gasteiger partial charge in [0.05, 0.1) is 14.2 Å². The Morgan fingerprint density at radius 2 is 2.18 bits per heavy atom. The summed E-state index contributed by atoms with van der Waals surface area (Å²) in [7, 11) is 5.42. The molecule has 6 heteroatoms. The van der Waals surface area contributed by atoms with Crippen molar-refractivity contribution in [2.75, 3.05) is 27.8 Å². The van der Waals surface area contributed by atoms with Gasteiger partial charge in [-0.3, -0.25) is 10.1 Å². The highest BCUT2D eigenvalue weighted by Crippen LogP contribution is 2.63. The SMILES string of the molecule is COC(=O)[C@@H](C)NC1CCC2C3Cc4ccc(OC)c5c4[C@]2(CCN3C)C1O5. The Hall–Kier alpha value is -1.79. The summed E-state index contributed by atoms with van der Waals surface area (Å²) in [6.07, 6.45) is 4.36. The molecule has 1 aromatic carbocycles. The molecular weight excluding hydrogens is 356 g/mol. The van der Waals surface area contributed by atoms with Crippen LogP contribution in [-0.4, -0.2) is 62.9 Å². The number of carbonyl (C=O) groups excluding carboxylic acids is 1. The van der Waals surface area contributed by atoms with E-state index in [2.05, 4.69) is 29.4 Å². The lowest BCUT2D eigenvalue weighted by atomic mass is 9.51. The van der Waals surface area contributed by atoms with Gasteiger partial charge in [0.25, 0.3) is 0 Å². The minimum absolute atomic E-state index is 0.0143. The number of nitrogens with one attached hydrogen (secondary N) is 1. The fraction of sp³-hybridized carbons (Fsp3) is 0.682. The van der Waals surface area contributed by atoms with Gasteiger partial charge < -0.3 is 19.1 Å². The van der Waals surface area contributed by atoms with Gasteiger partial charge in [-0.15, -0.1) is 0 Å². The van der Waals surface area contributed by atoms with E-state index in [1.807, 2.05) is 6.92 Å². The zero-order valence-corrected chi connectivity index (χ0v) is 17.2. The normalized spacial score (nSPS) is 36.3. The third kappa shape index (κ3) is 2.25. The fourth-order valence-corrected chi connectivity index (χ4v) is 6.63.